The molecule has 0 saturated heterocycles. The zero-order chi connectivity index (χ0) is 29.3. The van der Waals surface area contributed by atoms with E-state index < -0.39 is 11.9 Å². The minimum Gasteiger partial charge on any atom is -0.483 e. The van der Waals surface area contributed by atoms with E-state index in [4.69, 9.17) is 20.4 Å². The van der Waals surface area contributed by atoms with Gasteiger partial charge >= 0.3 is 6.18 Å². The number of nitrogens with two attached hydrogens (primary N) is 1. The molecule has 4 aromatic rings. The van der Waals surface area contributed by atoms with Crippen LogP contribution in [0.15, 0.2) is 36.8 Å². The lowest BCUT2D eigenvalue weighted by Crippen LogP contribution is -2.28. The molecule has 1 aromatic carbocycles. The predicted octanol–water partition coefficient (Wildman–Crippen LogP) is 3.16. The van der Waals surface area contributed by atoms with Crippen LogP contribution in [0.25, 0.3) is 16.9 Å². The van der Waals surface area contributed by atoms with E-state index in [1.54, 1.807) is 12.1 Å². The number of fused-ring (bicyclic) bond motifs is 1. The number of nitrogens with zero attached hydrogens (tertiary/aromatic N) is 4. The number of carbonyl (C=O) groups excluding carboxylic acids is 1. The van der Waals surface area contributed by atoms with E-state index in [1.807, 2.05) is 13.0 Å². The molecule has 12 nitrogen and oxygen atoms in total. The summed E-state index contributed by atoms with van der Waals surface area (Å²) in [6.45, 7) is 4.79. The van der Waals surface area contributed by atoms with Crippen LogP contribution in [0.2, 0.25) is 0 Å². The molecule has 1 amide bonds. The third kappa shape index (κ3) is 6.92. The summed E-state index contributed by atoms with van der Waals surface area (Å²) in [5.41, 5.74) is 7.14. The third-order valence-corrected chi connectivity index (χ3v) is 5.69. The van der Waals surface area contributed by atoms with Crippen molar-refractivity contribution >= 4 is 29.5 Å². The number of hydrogen-bond donors (Lipinski definition) is 5. The smallest absolute Gasteiger partial charge is 0.435 e. The summed E-state index contributed by atoms with van der Waals surface area (Å²) in [6, 6.07) is 5.27. The fourth-order valence-electron chi connectivity index (χ4n) is 3.98. The van der Waals surface area contributed by atoms with Gasteiger partial charge in [0.1, 0.15) is 0 Å². The first-order valence-electron chi connectivity index (χ1n) is 12.1. The fourth-order valence-corrected chi connectivity index (χ4v) is 3.98. The largest absolute Gasteiger partial charge is 0.483 e. The van der Waals surface area contributed by atoms with E-state index in [-0.39, 0.29) is 29.3 Å². The Hall–Kier alpha value is -4.50. The fraction of sp³-hybridized carbons (Fsp3) is 0.320. The van der Waals surface area contributed by atoms with Crippen LogP contribution < -0.4 is 16.4 Å². The monoisotopic (exact) mass is 562 g/mol. The molecule has 0 radical (unpaired) electrons. The van der Waals surface area contributed by atoms with Crippen molar-refractivity contribution in [2.45, 2.75) is 26.4 Å². The number of alkyl halides is 3. The summed E-state index contributed by atoms with van der Waals surface area (Å²) in [4.78, 5) is 29.6. The zero-order valence-electron chi connectivity index (χ0n) is 21.7. The van der Waals surface area contributed by atoms with Crippen LogP contribution in [0.5, 0.6) is 0 Å². The number of hydrogen-bond acceptors (Lipinski definition) is 8. The lowest BCUT2D eigenvalue weighted by atomic mass is 10.0. The first-order valence-corrected chi connectivity index (χ1v) is 12.1. The van der Waals surface area contributed by atoms with Gasteiger partial charge in [0.05, 0.1) is 30.7 Å². The van der Waals surface area contributed by atoms with Crippen LogP contribution in [0.1, 0.15) is 34.2 Å². The maximum atomic E-state index is 13.5. The highest BCUT2D eigenvalue weighted by molar-refractivity contribution is 5.96. The molecule has 6 N–H and O–H groups in total. The second kappa shape index (κ2) is 13.5. The van der Waals surface area contributed by atoms with Gasteiger partial charge in [-0.2, -0.15) is 18.3 Å². The molecule has 4 rings (SSSR count). The van der Waals surface area contributed by atoms with Crippen LogP contribution in [0, 0.1) is 6.92 Å². The van der Waals surface area contributed by atoms with Crippen molar-refractivity contribution in [2.75, 3.05) is 31.6 Å². The Kier molecular flexibility index (Phi) is 10.2. The molecule has 0 aliphatic rings. The van der Waals surface area contributed by atoms with E-state index in [1.165, 1.54) is 29.9 Å². The van der Waals surface area contributed by atoms with Crippen LogP contribution in [0.3, 0.4) is 0 Å². The molecule has 0 unspecified atom stereocenters. The Balaban J connectivity index is 0.00000141. The van der Waals surface area contributed by atoms with Crippen molar-refractivity contribution in [3.8, 4) is 11.3 Å². The lowest BCUT2D eigenvalue weighted by molar-refractivity contribution is -0.140. The number of aryl methyl sites for hydroxylation is 2. The van der Waals surface area contributed by atoms with Crippen LogP contribution in [-0.4, -0.2) is 68.4 Å². The minimum atomic E-state index is -4.62. The molecule has 0 bridgehead atoms. The zero-order valence-corrected chi connectivity index (χ0v) is 21.7. The van der Waals surface area contributed by atoms with Gasteiger partial charge in [0.25, 0.3) is 12.4 Å². The quantitative estimate of drug-likeness (QED) is 0.144. The maximum absolute atomic E-state index is 13.5. The van der Waals surface area contributed by atoms with Gasteiger partial charge in [-0.3, -0.25) is 19.1 Å². The van der Waals surface area contributed by atoms with Crippen molar-refractivity contribution < 1.29 is 32.6 Å². The lowest BCUT2D eigenvalue weighted by Gasteiger charge is -2.13. The highest BCUT2D eigenvalue weighted by Crippen LogP contribution is 2.38. The first kappa shape index (κ1) is 30.0. The van der Waals surface area contributed by atoms with Crippen molar-refractivity contribution in [1.82, 2.24) is 29.9 Å². The molecule has 3 heterocycles. The van der Waals surface area contributed by atoms with Crippen molar-refractivity contribution in [1.29, 1.82) is 0 Å². The number of carbonyl (C=O) groups is 2. The predicted molar refractivity (Wildman–Crippen MR) is 140 cm³/mol. The molecule has 0 atom stereocenters. The number of ether oxygens (including phenoxy) is 1. The van der Waals surface area contributed by atoms with E-state index in [2.05, 4.69) is 30.8 Å². The maximum Gasteiger partial charge on any atom is 0.435 e. The number of rotatable bonds is 10. The Morgan fingerprint density at radius 1 is 1.27 bits per heavy atom. The average molecular weight is 563 g/mol. The summed E-state index contributed by atoms with van der Waals surface area (Å²) in [6.07, 6.45) is 0.348. The molecular weight excluding hydrogens is 533 g/mol. The molecule has 0 saturated carbocycles. The number of aromatic amines is 1. The number of halogens is 3. The van der Waals surface area contributed by atoms with Crippen LogP contribution in [0.4, 0.5) is 24.7 Å². The number of imidazole rings is 1. The molecule has 3 aromatic heterocycles. The van der Waals surface area contributed by atoms with Crippen LogP contribution in [-0.2, 0) is 22.1 Å². The summed E-state index contributed by atoms with van der Waals surface area (Å²) in [5, 5.41) is 18.7. The molecule has 0 spiro atoms. The first-order chi connectivity index (χ1) is 19.2. The number of amides is 1. The number of H-pyrrole nitrogens is 1. The number of carboxylic acid groups (broad SMARTS) is 1. The van der Waals surface area contributed by atoms with Crippen molar-refractivity contribution in [2.24, 2.45) is 5.73 Å². The minimum absolute atomic E-state index is 0.0748. The van der Waals surface area contributed by atoms with Crippen molar-refractivity contribution in [3.63, 3.8) is 0 Å². The highest BCUT2D eigenvalue weighted by Gasteiger charge is 2.38. The topological polar surface area (TPSA) is 173 Å². The summed E-state index contributed by atoms with van der Waals surface area (Å²) < 4.78 is 47.4. The number of benzene rings is 1. The van der Waals surface area contributed by atoms with E-state index >= 15 is 0 Å². The normalized spacial score (nSPS) is 11.2. The Labute approximate surface area is 226 Å². The van der Waals surface area contributed by atoms with Gasteiger partial charge in [-0.1, -0.05) is 6.92 Å². The van der Waals surface area contributed by atoms with Gasteiger partial charge in [-0.15, -0.1) is 0 Å². The molecular formula is C25H29F3N8O4. The number of aromatic nitrogens is 5. The van der Waals surface area contributed by atoms with Gasteiger partial charge in [-0.05, 0) is 37.1 Å². The summed E-state index contributed by atoms with van der Waals surface area (Å²) >= 11 is 0. The molecule has 214 valence electrons. The number of nitrogens with one attached hydrogen (secondary N) is 3. The van der Waals surface area contributed by atoms with E-state index in [0.29, 0.717) is 55.4 Å². The molecule has 0 aliphatic carbocycles. The van der Waals surface area contributed by atoms with Gasteiger partial charge in [-0.25, -0.2) is 9.97 Å². The molecule has 0 aliphatic heterocycles. The number of anilines is 2. The summed E-state index contributed by atoms with van der Waals surface area (Å²) in [7, 11) is 0. The van der Waals surface area contributed by atoms with Gasteiger partial charge in [0, 0.05) is 42.4 Å². The Morgan fingerprint density at radius 3 is 2.70 bits per heavy atom. The standard InChI is InChI=1S/C24H27F3N8O2.CH2O2/c1-3-15-12-16(4-5-17(15)23(36)30-8-11-37-10-6-28)32-21-22-31-13-18(35(22)9-7-29-21)19-14(2)33-34-20(19)24(25,26)27;2-1-3/h4-5,7,9,12-13H,3,6,8,10-11,28H2,1-2H3,(H,29,32)(H,30,36)(H,33,34);1H,(H,2,3). The molecule has 40 heavy (non-hydrogen) atoms. The van der Waals surface area contributed by atoms with Gasteiger partial charge < -0.3 is 26.2 Å². The van der Waals surface area contributed by atoms with Crippen LogP contribution >= 0.6 is 0 Å². The van der Waals surface area contributed by atoms with Gasteiger partial charge in [0.15, 0.2) is 17.2 Å². The molecule has 15 heteroatoms. The second-order valence-corrected chi connectivity index (χ2v) is 8.30. The molecule has 0 fully saturated rings. The summed E-state index contributed by atoms with van der Waals surface area (Å²) in [5.74, 6) is 0.133. The Morgan fingerprint density at radius 2 is 2.02 bits per heavy atom. The van der Waals surface area contributed by atoms with Crippen molar-refractivity contribution in [3.05, 3.63) is 59.3 Å². The second-order valence-electron chi connectivity index (χ2n) is 8.30. The van der Waals surface area contributed by atoms with E-state index in [9.17, 15) is 18.0 Å². The Bertz CT molecular complexity index is 1450. The van der Waals surface area contributed by atoms with Gasteiger partial charge in [0.2, 0.25) is 0 Å². The van der Waals surface area contributed by atoms with E-state index in [0.717, 1.165) is 5.56 Å². The SMILES string of the molecule is CCc1cc(Nc2nccn3c(-c4c(C(F)(F)F)n[nH]c4C)cnc23)ccc1C(=O)NCCOCCN.O=CO. The average Bonchev–Trinajstić information content (AvgIpc) is 3.52. The highest BCUT2D eigenvalue weighted by atomic mass is 19.4. The third-order valence-electron chi connectivity index (χ3n) is 5.69.